The van der Waals surface area contributed by atoms with E-state index in [0.717, 1.165) is 16.4 Å². The molecule has 0 bridgehead atoms. The van der Waals surface area contributed by atoms with E-state index < -0.39 is 36.6 Å². The van der Waals surface area contributed by atoms with E-state index in [1.807, 2.05) is 0 Å². The Bertz CT molecular complexity index is 781. The fourth-order valence-corrected chi connectivity index (χ4v) is 5.74. The number of benzene rings is 1. The van der Waals surface area contributed by atoms with Crippen molar-refractivity contribution in [3.05, 3.63) is 30.1 Å². The minimum absolute atomic E-state index is 0.0917. The van der Waals surface area contributed by atoms with Crippen molar-refractivity contribution in [3.8, 4) is 12.3 Å². The van der Waals surface area contributed by atoms with E-state index in [-0.39, 0.29) is 24.5 Å². The molecule has 0 unspecified atom stereocenters. The molecule has 1 aromatic carbocycles. The van der Waals surface area contributed by atoms with Gasteiger partial charge in [-0.3, -0.25) is 0 Å². The smallest absolute Gasteiger partial charge is 0.229 e. The van der Waals surface area contributed by atoms with Crippen LogP contribution in [0.4, 0.5) is 4.39 Å². The number of rotatable bonds is 4. The van der Waals surface area contributed by atoms with Crippen LogP contribution in [0.2, 0.25) is 0 Å². The van der Waals surface area contributed by atoms with Crippen molar-refractivity contribution in [2.45, 2.75) is 17.4 Å². The molecule has 1 fully saturated rings. The zero-order chi connectivity index (χ0) is 15.7. The Morgan fingerprint density at radius 2 is 2.05 bits per heavy atom. The van der Waals surface area contributed by atoms with Gasteiger partial charge in [0.25, 0.3) is 0 Å². The van der Waals surface area contributed by atoms with E-state index >= 15 is 0 Å². The van der Waals surface area contributed by atoms with Gasteiger partial charge in [0.15, 0.2) is 9.84 Å². The Morgan fingerprint density at radius 3 is 2.57 bits per heavy atom. The second kappa shape index (κ2) is 5.75. The van der Waals surface area contributed by atoms with E-state index in [1.54, 1.807) is 0 Å². The van der Waals surface area contributed by atoms with Gasteiger partial charge in [-0.25, -0.2) is 21.2 Å². The molecule has 1 atom stereocenters. The molecule has 5 nitrogen and oxygen atoms in total. The summed E-state index contributed by atoms with van der Waals surface area (Å²) in [6, 6.07) is 4.19. The van der Waals surface area contributed by atoms with Gasteiger partial charge in [0.05, 0.1) is 18.1 Å². The number of sulfonamides is 1. The Hall–Kier alpha value is -1.43. The Balaban J connectivity index is 2.43. The Morgan fingerprint density at radius 1 is 1.38 bits per heavy atom. The van der Waals surface area contributed by atoms with Crippen LogP contribution >= 0.6 is 0 Å². The molecule has 0 amide bonds. The van der Waals surface area contributed by atoms with Crippen molar-refractivity contribution in [3.63, 3.8) is 0 Å². The van der Waals surface area contributed by atoms with Gasteiger partial charge in [-0.15, -0.1) is 6.42 Å². The number of nitrogens with zero attached hydrogens (tertiary/aromatic N) is 1. The van der Waals surface area contributed by atoms with Crippen LogP contribution in [0.25, 0.3) is 0 Å². The predicted molar refractivity (Wildman–Crippen MR) is 76.2 cm³/mol. The van der Waals surface area contributed by atoms with Crippen molar-refractivity contribution in [1.29, 1.82) is 0 Å². The molecule has 8 heteroatoms. The van der Waals surface area contributed by atoms with Crippen molar-refractivity contribution < 1.29 is 21.2 Å². The lowest BCUT2D eigenvalue weighted by Gasteiger charge is -2.25. The van der Waals surface area contributed by atoms with Gasteiger partial charge < -0.3 is 0 Å². The van der Waals surface area contributed by atoms with Crippen LogP contribution in [-0.4, -0.2) is 45.2 Å². The molecule has 0 saturated carbocycles. The molecule has 0 spiro atoms. The number of terminal acetylenes is 1. The molecule has 1 aromatic rings. The SMILES string of the molecule is C#CCN([C@H]1CCS(=O)(=O)C1)S(=O)(=O)c1ccccc1F. The normalized spacial score (nSPS) is 21.3. The second-order valence-corrected chi connectivity index (χ2v) is 8.83. The zero-order valence-electron chi connectivity index (χ0n) is 11.1. The lowest BCUT2D eigenvalue weighted by molar-refractivity contribution is 0.369. The van der Waals surface area contributed by atoms with Crippen molar-refractivity contribution in [1.82, 2.24) is 4.31 Å². The van der Waals surface area contributed by atoms with Gasteiger partial charge >= 0.3 is 0 Å². The number of hydrogen-bond acceptors (Lipinski definition) is 4. The van der Waals surface area contributed by atoms with E-state index in [4.69, 9.17) is 6.42 Å². The van der Waals surface area contributed by atoms with Crippen LogP contribution in [0.15, 0.2) is 29.2 Å². The molecule has 2 rings (SSSR count). The largest absolute Gasteiger partial charge is 0.247 e. The molecule has 0 aromatic heterocycles. The van der Waals surface area contributed by atoms with E-state index in [2.05, 4.69) is 5.92 Å². The van der Waals surface area contributed by atoms with Crippen LogP contribution in [0.1, 0.15) is 6.42 Å². The topological polar surface area (TPSA) is 71.5 Å². The summed E-state index contributed by atoms with van der Waals surface area (Å²) in [5.74, 6) is 0.927. The highest BCUT2D eigenvalue weighted by molar-refractivity contribution is 7.92. The summed E-state index contributed by atoms with van der Waals surface area (Å²) in [5, 5.41) is 0. The molecule has 0 N–H and O–H groups in total. The summed E-state index contributed by atoms with van der Waals surface area (Å²) >= 11 is 0. The highest BCUT2D eigenvalue weighted by Crippen LogP contribution is 2.26. The van der Waals surface area contributed by atoms with E-state index in [0.29, 0.717) is 0 Å². The van der Waals surface area contributed by atoms with Crippen LogP contribution < -0.4 is 0 Å². The molecular weight excluding hydrogens is 317 g/mol. The Kier molecular flexibility index (Phi) is 4.37. The summed E-state index contributed by atoms with van der Waals surface area (Å²) in [6.07, 6.45) is 5.34. The molecule has 1 aliphatic heterocycles. The monoisotopic (exact) mass is 331 g/mol. The third kappa shape index (κ3) is 3.26. The first kappa shape index (κ1) is 15.9. The summed E-state index contributed by atoms with van der Waals surface area (Å²) in [6.45, 7) is -0.295. The summed E-state index contributed by atoms with van der Waals surface area (Å²) in [5.41, 5.74) is 0. The van der Waals surface area contributed by atoms with Crippen LogP contribution in [0.3, 0.4) is 0 Å². The molecule has 0 radical (unpaired) electrons. The highest BCUT2D eigenvalue weighted by atomic mass is 32.2. The third-order valence-electron chi connectivity index (χ3n) is 3.29. The van der Waals surface area contributed by atoms with Crippen molar-refractivity contribution >= 4 is 19.9 Å². The molecular formula is C13H14FNO4S2. The molecule has 0 aliphatic carbocycles. The first-order valence-electron chi connectivity index (χ1n) is 6.18. The molecule has 114 valence electrons. The Labute approximate surface area is 123 Å². The third-order valence-corrected chi connectivity index (χ3v) is 6.97. The standard InChI is InChI=1S/C13H14FNO4S2/c1-2-8-15(11-7-9-20(16,17)10-11)21(18,19)13-6-4-3-5-12(13)14/h1,3-6,11H,7-10H2/t11-/m0/s1. The van der Waals surface area contributed by atoms with E-state index in [1.165, 1.54) is 12.1 Å². The molecule has 1 heterocycles. The van der Waals surface area contributed by atoms with Gasteiger partial charge in [-0.05, 0) is 18.6 Å². The maximum absolute atomic E-state index is 13.7. The molecule has 21 heavy (non-hydrogen) atoms. The maximum Gasteiger partial charge on any atom is 0.247 e. The van der Waals surface area contributed by atoms with Gasteiger partial charge in [0, 0.05) is 6.04 Å². The van der Waals surface area contributed by atoms with Gasteiger partial charge in [0.1, 0.15) is 10.7 Å². The highest BCUT2D eigenvalue weighted by Gasteiger charge is 2.39. The summed E-state index contributed by atoms with van der Waals surface area (Å²) < 4.78 is 62.8. The van der Waals surface area contributed by atoms with E-state index in [9.17, 15) is 21.2 Å². The lowest BCUT2D eigenvalue weighted by atomic mass is 10.3. The second-order valence-electron chi connectivity index (χ2n) is 4.74. The maximum atomic E-state index is 13.7. The fourth-order valence-electron chi connectivity index (χ4n) is 2.28. The average Bonchev–Trinajstić information content (AvgIpc) is 2.76. The first-order chi connectivity index (χ1) is 9.78. The minimum Gasteiger partial charge on any atom is -0.229 e. The average molecular weight is 331 g/mol. The minimum atomic E-state index is -4.18. The number of sulfone groups is 1. The van der Waals surface area contributed by atoms with Crippen LogP contribution in [-0.2, 0) is 19.9 Å². The van der Waals surface area contributed by atoms with Gasteiger partial charge in [0.2, 0.25) is 10.0 Å². The van der Waals surface area contributed by atoms with Crippen molar-refractivity contribution in [2.75, 3.05) is 18.1 Å². The van der Waals surface area contributed by atoms with Crippen LogP contribution in [0.5, 0.6) is 0 Å². The molecule has 1 aliphatic rings. The summed E-state index contributed by atoms with van der Waals surface area (Å²) in [4.78, 5) is -0.496. The zero-order valence-corrected chi connectivity index (χ0v) is 12.7. The predicted octanol–water partition coefficient (Wildman–Crippen LogP) is 0.637. The summed E-state index contributed by atoms with van der Waals surface area (Å²) in [7, 11) is -7.46. The number of hydrogen-bond donors (Lipinski definition) is 0. The first-order valence-corrected chi connectivity index (χ1v) is 9.44. The van der Waals surface area contributed by atoms with Gasteiger partial charge in [-0.2, -0.15) is 4.31 Å². The quantitative estimate of drug-likeness (QED) is 0.759. The van der Waals surface area contributed by atoms with Crippen molar-refractivity contribution in [2.24, 2.45) is 0 Å². The molecule has 1 saturated heterocycles. The van der Waals surface area contributed by atoms with Gasteiger partial charge in [-0.1, -0.05) is 18.1 Å². The lowest BCUT2D eigenvalue weighted by Crippen LogP contribution is -2.41. The van der Waals surface area contributed by atoms with Crippen LogP contribution in [0, 0.1) is 18.2 Å². The fraction of sp³-hybridized carbons (Fsp3) is 0.385. The number of halogens is 1.